The minimum absolute atomic E-state index is 0.326. The number of carbonyl (C=O) groups is 1. The molecule has 2 rings (SSSR count). The molecule has 1 N–H and O–H groups in total. The van der Waals surface area contributed by atoms with Gasteiger partial charge in [0, 0.05) is 27.9 Å². The number of hydrogen-bond acceptors (Lipinski definition) is 4. The molecule has 1 atom stereocenters. The SMILES string of the molecule is CC(Oc1cc(F)ccc1[N+](=O)[O-])C(=O)Nc1cc(Cl)cc(Cl)c1. The first kappa shape index (κ1) is 18.0. The number of nitro groups is 1. The van der Waals surface area contributed by atoms with Gasteiger partial charge in [0.25, 0.3) is 5.91 Å². The summed E-state index contributed by atoms with van der Waals surface area (Å²) in [4.78, 5) is 22.3. The third-order valence-electron chi connectivity index (χ3n) is 2.92. The highest BCUT2D eigenvalue weighted by atomic mass is 35.5. The second-order valence-electron chi connectivity index (χ2n) is 4.78. The minimum atomic E-state index is -1.12. The number of anilines is 1. The molecule has 1 amide bonds. The quantitative estimate of drug-likeness (QED) is 0.620. The van der Waals surface area contributed by atoms with Crippen molar-refractivity contribution in [1.29, 1.82) is 0 Å². The van der Waals surface area contributed by atoms with Crippen molar-refractivity contribution in [1.82, 2.24) is 0 Å². The van der Waals surface area contributed by atoms with Crippen LogP contribution in [0, 0.1) is 15.9 Å². The Labute approximate surface area is 146 Å². The Bertz CT molecular complexity index is 781. The van der Waals surface area contributed by atoms with Crippen molar-refractivity contribution in [2.75, 3.05) is 5.32 Å². The molecule has 0 bridgehead atoms. The van der Waals surface area contributed by atoms with Crippen molar-refractivity contribution in [2.24, 2.45) is 0 Å². The predicted octanol–water partition coefficient (Wildman–Crippen LogP) is 4.45. The summed E-state index contributed by atoms with van der Waals surface area (Å²) < 4.78 is 18.5. The topological polar surface area (TPSA) is 81.5 Å². The molecule has 0 saturated heterocycles. The van der Waals surface area contributed by atoms with Gasteiger partial charge in [-0.3, -0.25) is 14.9 Å². The monoisotopic (exact) mass is 372 g/mol. The number of nitrogens with zero attached hydrogens (tertiary/aromatic N) is 1. The Hall–Kier alpha value is -2.38. The molecule has 0 aromatic heterocycles. The number of benzene rings is 2. The van der Waals surface area contributed by atoms with Gasteiger partial charge in [0.2, 0.25) is 5.75 Å². The van der Waals surface area contributed by atoms with Crippen LogP contribution >= 0.6 is 23.2 Å². The minimum Gasteiger partial charge on any atom is -0.474 e. The van der Waals surface area contributed by atoms with E-state index in [1.165, 1.54) is 25.1 Å². The number of hydrogen-bond donors (Lipinski definition) is 1. The molecule has 2 aromatic carbocycles. The average Bonchev–Trinajstić information content (AvgIpc) is 2.45. The van der Waals surface area contributed by atoms with E-state index in [1.54, 1.807) is 0 Å². The Balaban J connectivity index is 2.14. The Kier molecular flexibility index (Phi) is 5.58. The molecule has 0 saturated carbocycles. The van der Waals surface area contributed by atoms with E-state index < -0.39 is 28.4 Å². The van der Waals surface area contributed by atoms with Crippen LogP contribution in [0.5, 0.6) is 5.75 Å². The molecule has 0 spiro atoms. The van der Waals surface area contributed by atoms with Crippen molar-refractivity contribution < 1.29 is 18.8 Å². The molecule has 0 radical (unpaired) electrons. The molecule has 0 aliphatic heterocycles. The fourth-order valence-electron chi connectivity index (χ4n) is 1.85. The third-order valence-corrected chi connectivity index (χ3v) is 3.36. The molecule has 0 aliphatic rings. The van der Waals surface area contributed by atoms with E-state index in [0.717, 1.165) is 18.2 Å². The van der Waals surface area contributed by atoms with Gasteiger partial charge >= 0.3 is 5.69 Å². The highest BCUT2D eigenvalue weighted by molar-refractivity contribution is 6.35. The maximum Gasteiger partial charge on any atom is 0.311 e. The summed E-state index contributed by atoms with van der Waals surface area (Å²) in [7, 11) is 0. The van der Waals surface area contributed by atoms with Gasteiger partial charge in [-0.05, 0) is 31.2 Å². The van der Waals surface area contributed by atoms with Crippen molar-refractivity contribution >= 4 is 40.5 Å². The van der Waals surface area contributed by atoms with E-state index in [1.807, 2.05) is 0 Å². The Morgan fingerprint density at radius 1 is 1.25 bits per heavy atom. The standard InChI is InChI=1S/C15H11Cl2FN2O4/c1-8(15(21)19-12-5-9(16)4-10(17)6-12)24-14-7-11(18)2-3-13(14)20(22)23/h2-8H,1H3,(H,19,21). The van der Waals surface area contributed by atoms with Gasteiger partial charge in [-0.1, -0.05) is 23.2 Å². The number of amides is 1. The molecule has 0 aliphatic carbocycles. The van der Waals surface area contributed by atoms with E-state index in [9.17, 15) is 19.3 Å². The first-order chi connectivity index (χ1) is 11.3. The summed E-state index contributed by atoms with van der Waals surface area (Å²) in [6, 6.07) is 7.19. The smallest absolute Gasteiger partial charge is 0.311 e. The highest BCUT2D eigenvalue weighted by Gasteiger charge is 2.22. The molecule has 0 fully saturated rings. The maximum absolute atomic E-state index is 13.3. The second-order valence-corrected chi connectivity index (χ2v) is 5.65. The average molecular weight is 373 g/mol. The maximum atomic E-state index is 13.3. The summed E-state index contributed by atoms with van der Waals surface area (Å²) in [5, 5.41) is 14.1. The fraction of sp³-hybridized carbons (Fsp3) is 0.133. The van der Waals surface area contributed by atoms with E-state index in [4.69, 9.17) is 27.9 Å². The zero-order valence-electron chi connectivity index (χ0n) is 12.3. The lowest BCUT2D eigenvalue weighted by Crippen LogP contribution is -2.30. The zero-order valence-corrected chi connectivity index (χ0v) is 13.8. The summed E-state index contributed by atoms with van der Waals surface area (Å²) in [6.07, 6.45) is -1.12. The lowest BCUT2D eigenvalue weighted by Gasteiger charge is -2.15. The van der Waals surface area contributed by atoms with E-state index in [2.05, 4.69) is 5.32 Å². The van der Waals surface area contributed by atoms with Crippen LogP contribution in [0.1, 0.15) is 6.92 Å². The van der Waals surface area contributed by atoms with Gasteiger partial charge in [0.05, 0.1) is 4.92 Å². The number of rotatable bonds is 5. The van der Waals surface area contributed by atoms with Crippen LogP contribution in [0.25, 0.3) is 0 Å². The molecule has 9 heteroatoms. The third kappa shape index (κ3) is 4.56. The molecule has 2 aromatic rings. The predicted molar refractivity (Wildman–Crippen MR) is 88.2 cm³/mol. The fourth-order valence-corrected chi connectivity index (χ4v) is 2.37. The van der Waals surface area contributed by atoms with Gasteiger partial charge in [0.1, 0.15) is 5.82 Å². The van der Waals surface area contributed by atoms with Crippen LogP contribution in [-0.2, 0) is 4.79 Å². The van der Waals surface area contributed by atoms with E-state index in [0.29, 0.717) is 15.7 Å². The summed E-state index contributed by atoms with van der Waals surface area (Å²) in [5.41, 5.74) is -0.108. The molecular formula is C15H11Cl2FN2O4. The summed E-state index contributed by atoms with van der Waals surface area (Å²) in [6.45, 7) is 1.37. The van der Waals surface area contributed by atoms with Crippen LogP contribution in [0.3, 0.4) is 0 Å². The van der Waals surface area contributed by atoms with Crippen LogP contribution in [0.2, 0.25) is 10.0 Å². The second kappa shape index (κ2) is 7.46. The first-order valence-corrected chi connectivity index (χ1v) is 7.39. The highest BCUT2D eigenvalue weighted by Crippen LogP contribution is 2.29. The van der Waals surface area contributed by atoms with Gasteiger partial charge in [-0.25, -0.2) is 4.39 Å². The van der Waals surface area contributed by atoms with Gasteiger partial charge < -0.3 is 10.1 Å². The molecule has 1 unspecified atom stereocenters. The number of ether oxygens (including phenoxy) is 1. The van der Waals surface area contributed by atoms with Crippen molar-refractivity contribution in [2.45, 2.75) is 13.0 Å². The van der Waals surface area contributed by atoms with Crippen LogP contribution < -0.4 is 10.1 Å². The van der Waals surface area contributed by atoms with Crippen molar-refractivity contribution in [3.63, 3.8) is 0 Å². The zero-order chi connectivity index (χ0) is 17.9. The van der Waals surface area contributed by atoms with Gasteiger partial charge in [-0.2, -0.15) is 0 Å². The normalized spacial score (nSPS) is 11.7. The molecule has 126 valence electrons. The molecule has 6 nitrogen and oxygen atoms in total. The van der Waals surface area contributed by atoms with Crippen LogP contribution in [0.15, 0.2) is 36.4 Å². The lowest BCUT2D eigenvalue weighted by molar-refractivity contribution is -0.386. The summed E-state index contributed by atoms with van der Waals surface area (Å²) in [5.74, 6) is -1.66. The molecule has 24 heavy (non-hydrogen) atoms. The van der Waals surface area contributed by atoms with Gasteiger partial charge in [-0.15, -0.1) is 0 Å². The first-order valence-electron chi connectivity index (χ1n) is 6.64. The number of carbonyl (C=O) groups excluding carboxylic acids is 1. The van der Waals surface area contributed by atoms with Crippen molar-refractivity contribution in [3.8, 4) is 5.75 Å². The lowest BCUT2D eigenvalue weighted by atomic mass is 10.2. The van der Waals surface area contributed by atoms with E-state index in [-0.39, 0.29) is 5.75 Å². The Morgan fingerprint density at radius 2 is 1.88 bits per heavy atom. The molecule has 0 heterocycles. The van der Waals surface area contributed by atoms with Gasteiger partial charge in [0.15, 0.2) is 6.10 Å². The van der Waals surface area contributed by atoms with Crippen LogP contribution in [0.4, 0.5) is 15.8 Å². The Morgan fingerprint density at radius 3 is 2.46 bits per heavy atom. The van der Waals surface area contributed by atoms with Crippen LogP contribution in [-0.4, -0.2) is 16.9 Å². The number of halogens is 3. The number of nitro benzene ring substituents is 1. The summed E-state index contributed by atoms with van der Waals surface area (Å²) >= 11 is 11.7. The molecular weight excluding hydrogens is 362 g/mol. The number of nitrogens with one attached hydrogen (secondary N) is 1. The van der Waals surface area contributed by atoms with Crippen molar-refractivity contribution in [3.05, 3.63) is 62.4 Å². The largest absolute Gasteiger partial charge is 0.474 e. The van der Waals surface area contributed by atoms with E-state index >= 15 is 0 Å².